The second-order valence-electron chi connectivity index (χ2n) is 9.93. The minimum atomic E-state index is 0.177. The first-order valence-electron chi connectivity index (χ1n) is 9.45. The topological polar surface area (TPSA) is 9.72 Å². The van der Waals surface area contributed by atoms with Crippen LogP contribution in [0.2, 0.25) is 25.1 Å². The largest absolute Gasteiger partial charge is 0.417 e. The molecule has 3 nitrogen and oxygen atoms in total. The van der Waals surface area contributed by atoms with Crippen molar-refractivity contribution < 1.29 is 0 Å². The highest BCUT2D eigenvalue weighted by atomic mass is 15.1. The smallest absolute Gasteiger partial charge is 0.252 e. The SMILES string of the molecule is CB1C(B(C2C=CN(C(C)(C)C)B2C)N(C)C)C=CN1C(C)(C)C. The Morgan fingerprint density at radius 3 is 1.33 bits per heavy atom. The van der Waals surface area contributed by atoms with Crippen molar-refractivity contribution in [1.82, 2.24) is 14.4 Å². The van der Waals surface area contributed by atoms with Crippen LogP contribution in [0.3, 0.4) is 0 Å². The lowest BCUT2D eigenvalue weighted by Crippen LogP contribution is -2.55. The molecule has 0 saturated heterocycles. The van der Waals surface area contributed by atoms with Gasteiger partial charge in [0.25, 0.3) is 13.7 Å². The van der Waals surface area contributed by atoms with E-state index in [1.54, 1.807) is 0 Å². The van der Waals surface area contributed by atoms with Crippen LogP contribution < -0.4 is 0 Å². The first-order valence-corrected chi connectivity index (χ1v) is 9.45. The molecule has 0 aromatic rings. The third kappa shape index (κ3) is 3.59. The molecule has 0 aromatic carbocycles. The molecule has 2 unspecified atom stereocenters. The molecular weight excluding hydrogens is 291 g/mol. The summed E-state index contributed by atoms with van der Waals surface area (Å²) in [6.45, 7) is 20.2. The number of nitrogens with zero attached hydrogens (tertiary/aromatic N) is 3. The summed E-state index contributed by atoms with van der Waals surface area (Å²) in [5.74, 6) is 0. The van der Waals surface area contributed by atoms with Crippen LogP contribution in [0.15, 0.2) is 24.6 Å². The third-order valence-corrected chi connectivity index (χ3v) is 5.86. The maximum Gasteiger partial charge on any atom is 0.252 e. The molecule has 0 aromatic heterocycles. The summed E-state index contributed by atoms with van der Waals surface area (Å²) in [6.07, 6.45) is 9.55. The van der Waals surface area contributed by atoms with E-state index in [1.165, 1.54) is 0 Å². The molecule has 6 heteroatoms. The maximum absolute atomic E-state index is 2.53. The Hall–Kier alpha value is -0.765. The van der Waals surface area contributed by atoms with E-state index in [9.17, 15) is 0 Å². The summed E-state index contributed by atoms with van der Waals surface area (Å²) in [5.41, 5.74) is 1.46. The fraction of sp³-hybridized carbons (Fsp3) is 0.778. The summed E-state index contributed by atoms with van der Waals surface area (Å²) in [4.78, 5) is 7.49. The Morgan fingerprint density at radius 1 is 0.792 bits per heavy atom. The van der Waals surface area contributed by atoms with Crippen LogP contribution in [0, 0.1) is 0 Å². The van der Waals surface area contributed by atoms with Crippen LogP contribution in [-0.2, 0) is 0 Å². The highest BCUT2D eigenvalue weighted by Crippen LogP contribution is 2.40. The lowest BCUT2D eigenvalue weighted by molar-refractivity contribution is 0.327. The number of allylic oxidation sites excluding steroid dienone is 2. The van der Waals surface area contributed by atoms with Gasteiger partial charge in [0, 0.05) is 11.1 Å². The van der Waals surface area contributed by atoms with Crippen LogP contribution in [-0.4, -0.2) is 60.1 Å². The van der Waals surface area contributed by atoms with Gasteiger partial charge in [-0.25, -0.2) is 0 Å². The number of hydrogen-bond donors (Lipinski definition) is 0. The fourth-order valence-electron chi connectivity index (χ4n) is 4.76. The second kappa shape index (κ2) is 6.51. The predicted octanol–water partition coefficient (Wildman–Crippen LogP) is 3.86. The number of hydrogen-bond acceptors (Lipinski definition) is 3. The van der Waals surface area contributed by atoms with Gasteiger partial charge in [0.15, 0.2) is 0 Å². The standard InChI is InChI=1S/C18H36B3N3/c1-17(2,3)23-13-11-15(19(23)7)21(22(9)10)16-12-14-24(20(16)8)18(4,5)6/h11-16H,1-10H3. The van der Waals surface area contributed by atoms with Crippen molar-refractivity contribution in [2.45, 2.75) is 77.7 Å². The van der Waals surface area contributed by atoms with Gasteiger partial charge in [-0.2, -0.15) is 0 Å². The van der Waals surface area contributed by atoms with Crippen molar-refractivity contribution in [2.24, 2.45) is 0 Å². The molecule has 2 atom stereocenters. The normalized spacial score (nSPS) is 24.8. The molecule has 0 N–H and O–H groups in total. The van der Waals surface area contributed by atoms with Gasteiger partial charge in [-0.3, -0.25) is 0 Å². The Kier molecular flexibility index (Phi) is 5.31. The van der Waals surface area contributed by atoms with E-state index in [2.05, 4.69) is 108 Å². The van der Waals surface area contributed by atoms with E-state index in [4.69, 9.17) is 0 Å². The second-order valence-corrected chi connectivity index (χ2v) is 9.93. The van der Waals surface area contributed by atoms with Gasteiger partial charge in [-0.15, -0.1) is 0 Å². The van der Waals surface area contributed by atoms with E-state index >= 15 is 0 Å². The lowest BCUT2D eigenvalue weighted by atomic mass is 9.20. The van der Waals surface area contributed by atoms with Crippen LogP contribution in [0.25, 0.3) is 0 Å². The zero-order chi connectivity index (χ0) is 18.4. The Bertz CT molecular complexity index is 463. The summed E-state index contributed by atoms with van der Waals surface area (Å²) < 4.78 is 0. The summed E-state index contributed by atoms with van der Waals surface area (Å²) >= 11 is 0. The van der Waals surface area contributed by atoms with E-state index in [0.717, 1.165) is 0 Å². The first-order chi connectivity index (χ1) is 10.9. The maximum atomic E-state index is 2.53. The van der Waals surface area contributed by atoms with Gasteiger partial charge in [0.1, 0.15) is 0 Å². The average Bonchev–Trinajstić information content (AvgIpc) is 2.94. The quantitative estimate of drug-likeness (QED) is 0.729. The molecule has 0 amide bonds. The van der Waals surface area contributed by atoms with Gasteiger partial charge >= 0.3 is 0 Å². The summed E-state index contributed by atoms with van der Waals surface area (Å²) in [7, 11) is 4.48. The molecule has 2 aliphatic rings. The van der Waals surface area contributed by atoms with Gasteiger partial charge < -0.3 is 14.4 Å². The van der Waals surface area contributed by atoms with Crippen LogP contribution in [0.4, 0.5) is 0 Å². The number of rotatable bonds is 3. The van der Waals surface area contributed by atoms with Crippen LogP contribution in [0.1, 0.15) is 41.5 Å². The molecule has 0 fully saturated rings. The molecule has 2 aliphatic heterocycles. The summed E-state index contributed by atoms with van der Waals surface area (Å²) in [6, 6.07) is 0. The predicted molar refractivity (Wildman–Crippen MR) is 112 cm³/mol. The Balaban J connectivity index is 2.24. The van der Waals surface area contributed by atoms with Crippen molar-refractivity contribution in [3.63, 3.8) is 0 Å². The Labute approximate surface area is 151 Å². The van der Waals surface area contributed by atoms with Crippen LogP contribution >= 0.6 is 0 Å². The molecule has 132 valence electrons. The monoisotopic (exact) mass is 327 g/mol. The van der Waals surface area contributed by atoms with E-state index in [1.807, 2.05) is 0 Å². The molecule has 0 spiro atoms. The minimum Gasteiger partial charge on any atom is -0.417 e. The summed E-state index contributed by atoms with van der Waals surface area (Å²) in [5, 5.41) is 0. The third-order valence-electron chi connectivity index (χ3n) is 5.86. The van der Waals surface area contributed by atoms with E-state index < -0.39 is 0 Å². The van der Waals surface area contributed by atoms with Gasteiger partial charge in [-0.1, -0.05) is 25.8 Å². The van der Waals surface area contributed by atoms with Crippen molar-refractivity contribution in [3.8, 4) is 0 Å². The van der Waals surface area contributed by atoms with Gasteiger partial charge in [-0.05, 0) is 79.5 Å². The Morgan fingerprint density at radius 2 is 1.12 bits per heavy atom. The molecule has 24 heavy (non-hydrogen) atoms. The van der Waals surface area contributed by atoms with Gasteiger partial charge in [0.05, 0.1) is 0 Å². The highest BCUT2D eigenvalue weighted by Gasteiger charge is 2.49. The van der Waals surface area contributed by atoms with Crippen molar-refractivity contribution in [1.29, 1.82) is 0 Å². The van der Waals surface area contributed by atoms with Gasteiger partial charge in [0.2, 0.25) is 6.85 Å². The van der Waals surface area contributed by atoms with E-state index in [-0.39, 0.29) is 11.1 Å². The zero-order valence-electron chi connectivity index (χ0n) is 17.5. The molecule has 2 heterocycles. The van der Waals surface area contributed by atoms with Crippen molar-refractivity contribution in [3.05, 3.63) is 24.6 Å². The molecular formula is C18H36B3N3. The lowest BCUT2D eigenvalue weighted by Gasteiger charge is -2.42. The first kappa shape index (κ1) is 19.6. The van der Waals surface area contributed by atoms with Crippen LogP contribution in [0.5, 0.6) is 0 Å². The minimum absolute atomic E-state index is 0.177. The van der Waals surface area contributed by atoms with Crippen molar-refractivity contribution >= 4 is 20.5 Å². The van der Waals surface area contributed by atoms with Crippen molar-refractivity contribution in [2.75, 3.05) is 14.1 Å². The zero-order valence-corrected chi connectivity index (χ0v) is 17.5. The molecule has 0 aliphatic carbocycles. The molecule has 0 radical (unpaired) electrons. The van der Waals surface area contributed by atoms with E-state index in [0.29, 0.717) is 32.0 Å². The molecule has 2 rings (SSSR count). The fourth-order valence-corrected chi connectivity index (χ4v) is 4.76. The molecule has 0 saturated carbocycles. The average molecular weight is 327 g/mol. The highest BCUT2D eigenvalue weighted by molar-refractivity contribution is 6.87. The molecule has 0 bridgehead atoms.